The van der Waals surface area contributed by atoms with E-state index in [9.17, 15) is 13.2 Å². The number of sulfone groups is 1. The molecule has 0 saturated carbocycles. The molecule has 1 fully saturated rings. The van der Waals surface area contributed by atoms with E-state index >= 15 is 0 Å². The SMILES string of the molecule is CCC1(C)NC(c2ccsc2)N(CCS(=O)(=O)CC)C1=O. The first-order valence-corrected chi connectivity index (χ1v) is 9.90. The monoisotopic (exact) mass is 330 g/mol. The summed E-state index contributed by atoms with van der Waals surface area (Å²) in [6, 6.07) is 1.97. The molecule has 0 spiro atoms. The van der Waals surface area contributed by atoms with Gasteiger partial charge in [-0.15, -0.1) is 0 Å². The second kappa shape index (κ2) is 6.06. The van der Waals surface area contributed by atoms with Gasteiger partial charge in [-0.1, -0.05) is 13.8 Å². The van der Waals surface area contributed by atoms with Gasteiger partial charge in [-0.2, -0.15) is 11.3 Å². The van der Waals surface area contributed by atoms with Gasteiger partial charge in [-0.3, -0.25) is 10.1 Å². The van der Waals surface area contributed by atoms with Crippen molar-refractivity contribution in [2.45, 2.75) is 38.9 Å². The van der Waals surface area contributed by atoms with Crippen LogP contribution in [0.4, 0.5) is 0 Å². The zero-order chi connectivity index (χ0) is 15.7. The van der Waals surface area contributed by atoms with Crippen LogP contribution in [0.1, 0.15) is 38.9 Å². The highest BCUT2D eigenvalue weighted by atomic mass is 32.2. The number of carbonyl (C=O) groups is 1. The largest absolute Gasteiger partial charge is 0.320 e. The lowest BCUT2D eigenvalue weighted by Gasteiger charge is -2.23. The molecular weight excluding hydrogens is 308 g/mol. The predicted octanol–water partition coefficient (Wildman–Crippen LogP) is 1.78. The van der Waals surface area contributed by atoms with E-state index in [-0.39, 0.29) is 30.1 Å². The summed E-state index contributed by atoms with van der Waals surface area (Å²) in [5.74, 6) is 0.0982. The normalized spacial score (nSPS) is 26.5. The van der Waals surface area contributed by atoms with Crippen molar-refractivity contribution in [3.05, 3.63) is 22.4 Å². The Kier molecular flexibility index (Phi) is 4.75. The van der Waals surface area contributed by atoms with Crippen molar-refractivity contribution >= 4 is 27.1 Å². The molecule has 1 aromatic heterocycles. The Bertz CT molecular complexity index is 598. The summed E-state index contributed by atoms with van der Waals surface area (Å²) in [5.41, 5.74) is 0.391. The van der Waals surface area contributed by atoms with Gasteiger partial charge in [-0.05, 0) is 35.7 Å². The Morgan fingerprint density at radius 3 is 2.67 bits per heavy atom. The van der Waals surface area contributed by atoms with Crippen LogP contribution in [-0.2, 0) is 14.6 Å². The molecule has 0 aliphatic carbocycles. The van der Waals surface area contributed by atoms with Gasteiger partial charge in [0.1, 0.15) is 6.17 Å². The molecule has 1 saturated heterocycles. The van der Waals surface area contributed by atoms with E-state index in [2.05, 4.69) is 5.32 Å². The summed E-state index contributed by atoms with van der Waals surface area (Å²) < 4.78 is 23.5. The van der Waals surface area contributed by atoms with Crippen molar-refractivity contribution in [1.82, 2.24) is 10.2 Å². The molecule has 1 aliphatic rings. The maximum Gasteiger partial charge on any atom is 0.244 e. The van der Waals surface area contributed by atoms with Crippen molar-refractivity contribution in [1.29, 1.82) is 0 Å². The number of carbonyl (C=O) groups excluding carboxylic acids is 1. The average molecular weight is 330 g/mol. The minimum Gasteiger partial charge on any atom is -0.320 e. The molecule has 0 bridgehead atoms. The van der Waals surface area contributed by atoms with Crippen LogP contribution in [0.15, 0.2) is 16.8 Å². The number of hydrogen-bond donors (Lipinski definition) is 1. The summed E-state index contributed by atoms with van der Waals surface area (Å²) in [7, 11) is -3.09. The first kappa shape index (κ1) is 16.5. The summed E-state index contributed by atoms with van der Waals surface area (Å²) in [6.07, 6.45) is 0.435. The quantitative estimate of drug-likeness (QED) is 0.863. The third-order valence-corrected chi connectivity index (χ3v) is 6.53. The van der Waals surface area contributed by atoms with E-state index in [1.165, 1.54) is 0 Å². The Morgan fingerprint density at radius 2 is 2.14 bits per heavy atom. The zero-order valence-corrected chi connectivity index (χ0v) is 14.3. The van der Waals surface area contributed by atoms with Crippen LogP contribution >= 0.6 is 11.3 Å². The van der Waals surface area contributed by atoms with E-state index in [0.717, 1.165) is 5.56 Å². The molecule has 1 amide bonds. The van der Waals surface area contributed by atoms with Crippen molar-refractivity contribution in [3.63, 3.8) is 0 Å². The van der Waals surface area contributed by atoms with Crippen molar-refractivity contribution in [2.24, 2.45) is 0 Å². The summed E-state index contributed by atoms with van der Waals surface area (Å²) >= 11 is 1.57. The highest BCUT2D eigenvalue weighted by molar-refractivity contribution is 7.91. The molecule has 1 N–H and O–H groups in total. The number of nitrogens with one attached hydrogen (secondary N) is 1. The summed E-state index contributed by atoms with van der Waals surface area (Å²) in [5, 5.41) is 7.32. The summed E-state index contributed by atoms with van der Waals surface area (Å²) in [6.45, 7) is 5.70. The summed E-state index contributed by atoms with van der Waals surface area (Å²) in [4.78, 5) is 14.3. The van der Waals surface area contributed by atoms with Crippen LogP contribution in [0, 0.1) is 0 Å². The lowest BCUT2D eigenvalue weighted by Crippen LogP contribution is -2.43. The second-order valence-corrected chi connectivity index (χ2v) is 8.78. The fraction of sp³-hybridized carbons (Fsp3) is 0.643. The lowest BCUT2D eigenvalue weighted by atomic mass is 9.99. The molecule has 21 heavy (non-hydrogen) atoms. The van der Waals surface area contributed by atoms with Gasteiger partial charge in [0.05, 0.1) is 11.3 Å². The molecule has 2 unspecified atom stereocenters. The molecule has 0 aromatic carbocycles. The van der Waals surface area contributed by atoms with Gasteiger partial charge in [0.2, 0.25) is 5.91 Å². The highest BCUT2D eigenvalue weighted by Gasteiger charge is 2.47. The minimum absolute atomic E-state index is 0.0113. The molecule has 1 aliphatic heterocycles. The van der Waals surface area contributed by atoms with Crippen molar-refractivity contribution in [2.75, 3.05) is 18.1 Å². The van der Waals surface area contributed by atoms with Crippen LogP contribution in [0.25, 0.3) is 0 Å². The molecule has 1 aromatic rings. The maximum atomic E-state index is 12.6. The van der Waals surface area contributed by atoms with Crippen LogP contribution in [0.5, 0.6) is 0 Å². The van der Waals surface area contributed by atoms with E-state index in [0.29, 0.717) is 6.42 Å². The standard InChI is InChI=1S/C14H22N2O3S2/c1-4-14(3)13(17)16(7-9-21(18,19)5-2)12(15-14)11-6-8-20-10-11/h6,8,10,12,15H,4-5,7,9H2,1-3H3. The Balaban J connectivity index is 2.24. The van der Waals surface area contributed by atoms with Crippen LogP contribution in [0.2, 0.25) is 0 Å². The van der Waals surface area contributed by atoms with Gasteiger partial charge >= 0.3 is 0 Å². The molecule has 7 heteroatoms. The molecule has 5 nitrogen and oxygen atoms in total. The molecule has 2 rings (SSSR count). The van der Waals surface area contributed by atoms with Crippen molar-refractivity contribution in [3.8, 4) is 0 Å². The lowest BCUT2D eigenvalue weighted by molar-refractivity contribution is -0.132. The predicted molar refractivity (Wildman–Crippen MR) is 84.9 cm³/mol. The van der Waals surface area contributed by atoms with Crippen LogP contribution in [0.3, 0.4) is 0 Å². The average Bonchev–Trinajstić information content (AvgIpc) is 3.06. The van der Waals surface area contributed by atoms with Gasteiger partial charge in [0, 0.05) is 12.3 Å². The smallest absolute Gasteiger partial charge is 0.244 e. The highest BCUT2D eigenvalue weighted by Crippen LogP contribution is 2.33. The number of nitrogens with zero attached hydrogens (tertiary/aromatic N) is 1. The maximum absolute atomic E-state index is 12.6. The molecule has 118 valence electrons. The third-order valence-electron chi connectivity index (χ3n) is 4.15. The second-order valence-electron chi connectivity index (χ2n) is 5.52. The van der Waals surface area contributed by atoms with Gasteiger partial charge in [-0.25, -0.2) is 8.42 Å². The number of amides is 1. The van der Waals surface area contributed by atoms with Gasteiger partial charge in [0.25, 0.3) is 0 Å². The molecule has 2 heterocycles. The first-order chi connectivity index (χ1) is 9.83. The minimum atomic E-state index is -3.09. The zero-order valence-electron chi connectivity index (χ0n) is 12.6. The first-order valence-electron chi connectivity index (χ1n) is 7.14. The van der Waals surface area contributed by atoms with E-state index < -0.39 is 15.4 Å². The Morgan fingerprint density at radius 1 is 1.43 bits per heavy atom. The van der Waals surface area contributed by atoms with Gasteiger partial charge in [0.15, 0.2) is 9.84 Å². The number of hydrogen-bond acceptors (Lipinski definition) is 5. The molecule has 2 atom stereocenters. The van der Waals surface area contributed by atoms with Crippen molar-refractivity contribution < 1.29 is 13.2 Å². The third kappa shape index (κ3) is 3.30. The molecule has 0 radical (unpaired) electrons. The number of rotatable bonds is 6. The van der Waals surface area contributed by atoms with Gasteiger partial charge < -0.3 is 4.90 Å². The Hall–Kier alpha value is -0.920. The van der Waals surface area contributed by atoms with E-state index in [4.69, 9.17) is 0 Å². The molecular formula is C14H22N2O3S2. The van der Waals surface area contributed by atoms with Crippen LogP contribution in [-0.4, -0.2) is 42.8 Å². The fourth-order valence-corrected chi connectivity index (χ4v) is 3.88. The topological polar surface area (TPSA) is 66.5 Å². The van der Waals surface area contributed by atoms with Crippen LogP contribution < -0.4 is 5.32 Å². The fourth-order valence-electron chi connectivity index (χ4n) is 2.44. The van der Waals surface area contributed by atoms with E-state index in [1.807, 2.05) is 30.7 Å². The Labute approximate surface area is 130 Å². The number of thiophene rings is 1. The van der Waals surface area contributed by atoms with E-state index in [1.54, 1.807) is 23.2 Å².